The Morgan fingerprint density at radius 1 is 0.966 bits per heavy atom. The van der Waals surface area contributed by atoms with Crippen LogP contribution in [0, 0.1) is 0 Å². The fourth-order valence-corrected chi connectivity index (χ4v) is 2.49. The van der Waals surface area contributed by atoms with Gasteiger partial charge in [0, 0.05) is 18.2 Å². The van der Waals surface area contributed by atoms with Crippen LogP contribution in [0.2, 0.25) is 0 Å². The van der Waals surface area contributed by atoms with E-state index in [2.05, 4.69) is 5.32 Å². The summed E-state index contributed by atoms with van der Waals surface area (Å²) in [5, 5.41) is 2.64. The second kappa shape index (κ2) is 9.45. The molecular formula is C20H20N2O7. The molecule has 2 aromatic carbocycles. The molecule has 0 radical (unpaired) electrons. The van der Waals surface area contributed by atoms with Crippen molar-refractivity contribution in [3.05, 3.63) is 48.0 Å². The van der Waals surface area contributed by atoms with E-state index in [4.69, 9.17) is 24.7 Å². The molecule has 0 saturated heterocycles. The Kier molecular flexibility index (Phi) is 6.51. The topological polar surface area (TPSA) is 126 Å². The standard InChI is InChI=1S/C20H20N2O7/c21-18(23)11-28-15-5-2-13(3-6-15)20(25)29-12-19(24)22-14-4-7-16-17(10-14)27-9-1-8-26-16/h2-7,10H,1,8-9,11-12H2,(H2,21,23)(H,22,24). The van der Waals surface area contributed by atoms with Gasteiger partial charge in [0.25, 0.3) is 11.8 Å². The van der Waals surface area contributed by atoms with Crippen LogP contribution in [0.1, 0.15) is 16.8 Å². The van der Waals surface area contributed by atoms with Gasteiger partial charge in [0.15, 0.2) is 24.7 Å². The Hall–Kier alpha value is -3.75. The highest BCUT2D eigenvalue weighted by Crippen LogP contribution is 2.32. The number of fused-ring (bicyclic) bond motifs is 1. The Balaban J connectivity index is 1.49. The Morgan fingerprint density at radius 2 is 1.69 bits per heavy atom. The van der Waals surface area contributed by atoms with E-state index >= 15 is 0 Å². The average molecular weight is 400 g/mol. The zero-order chi connectivity index (χ0) is 20.6. The summed E-state index contributed by atoms with van der Waals surface area (Å²) in [5.74, 6) is -0.207. The summed E-state index contributed by atoms with van der Waals surface area (Å²) in [6.07, 6.45) is 0.782. The molecule has 0 fully saturated rings. The first-order valence-corrected chi connectivity index (χ1v) is 8.89. The maximum Gasteiger partial charge on any atom is 0.338 e. The summed E-state index contributed by atoms with van der Waals surface area (Å²) in [4.78, 5) is 34.8. The number of hydrogen-bond donors (Lipinski definition) is 2. The van der Waals surface area contributed by atoms with E-state index in [9.17, 15) is 14.4 Å². The Morgan fingerprint density at radius 3 is 2.41 bits per heavy atom. The highest BCUT2D eigenvalue weighted by Gasteiger charge is 2.14. The van der Waals surface area contributed by atoms with Gasteiger partial charge in [0.2, 0.25) is 0 Å². The van der Waals surface area contributed by atoms with Crippen molar-refractivity contribution >= 4 is 23.5 Å². The van der Waals surface area contributed by atoms with Crippen LogP contribution in [0.15, 0.2) is 42.5 Å². The summed E-state index contributed by atoms with van der Waals surface area (Å²) in [6.45, 7) is 0.401. The molecule has 9 nitrogen and oxygen atoms in total. The van der Waals surface area contributed by atoms with Gasteiger partial charge in [-0.25, -0.2) is 4.79 Å². The number of nitrogens with one attached hydrogen (secondary N) is 1. The van der Waals surface area contributed by atoms with Crippen LogP contribution in [0.3, 0.4) is 0 Å². The van der Waals surface area contributed by atoms with E-state index in [1.54, 1.807) is 18.2 Å². The van der Waals surface area contributed by atoms with Gasteiger partial charge >= 0.3 is 5.97 Å². The summed E-state index contributed by atoms with van der Waals surface area (Å²) in [7, 11) is 0. The minimum atomic E-state index is -0.666. The predicted octanol–water partition coefficient (Wildman–Crippen LogP) is 1.51. The van der Waals surface area contributed by atoms with Crippen molar-refractivity contribution in [2.75, 3.05) is 31.7 Å². The summed E-state index contributed by atoms with van der Waals surface area (Å²) in [6, 6.07) is 11.0. The maximum atomic E-state index is 12.1. The number of carbonyl (C=O) groups is 3. The molecule has 2 amide bonds. The fourth-order valence-electron chi connectivity index (χ4n) is 2.49. The summed E-state index contributed by atoms with van der Waals surface area (Å²) >= 11 is 0. The molecule has 152 valence electrons. The van der Waals surface area contributed by atoms with Crippen LogP contribution in [-0.2, 0) is 14.3 Å². The molecule has 1 aliphatic rings. The first-order chi connectivity index (χ1) is 14.0. The molecule has 1 aliphatic heterocycles. The number of amides is 2. The van der Waals surface area contributed by atoms with Gasteiger partial charge in [-0.2, -0.15) is 0 Å². The smallest absolute Gasteiger partial charge is 0.338 e. The first-order valence-electron chi connectivity index (χ1n) is 8.89. The van der Waals surface area contributed by atoms with Crippen molar-refractivity contribution in [2.45, 2.75) is 6.42 Å². The predicted molar refractivity (Wildman–Crippen MR) is 102 cm³/mol. The van der Waals surface area contributed by atoms with Crippen LogP contribution in [0.5, 0.6) is 17.2 Å². The van der Waals surface area contributed by atoms with Crippen molar-refractivity contribution in [1.82, 2.24) is 0 Å². The largest absolute Gasteiger partial charge is 0.490 e. The molecular weight excluding hydrogens is 380 g/mol. The molecule has 9 heteroatoms. The average Bonchev–Trinajstić information content (AvgIpc) is 2.96. The third-order valence-electron chi connectivity index (χ3n) is 3.84. The fraction of sp³-hybridized carbons (Fsp3) is 0.250. The maximum absolute atomic E-state index is 12.1. The lowest BCUT2D eigenvalue weighted by Gasteiger charge is -2.11. The van der Waals surface area contributed by atoms with E-state index in [0.717, 1.165) is 6.42 Å². The van der Waals surface area contributed by atoms with Gasteiger partial charge in [0.05, 0.1) is 18.8 Å². The number of anilines is 1. The lowest BCUT2D eigenvalue weighted by Crippen LogP contribution is -2.21. The van der Waals surface area contributed by atoms with Crippen molar-refractivity contribution in [3.63, 3.8) is 0 Å². The molecule has 0 atom stereocenters. The van der Waals surface area contributed by atoms with E-state index in [1.807, 2.05) is 0 Å². The van der Waals surface area contributed by atoms with Crippen molar-refractivity contribution in [2.24, 2.45) is 5.73 Å². The van der Waals surface area contributed by atoms with Crippen molar-refractivity contribution in [1.29, 1.82) is 0 Å². The van der Waals surface area contributed by atoms with Gasteiger partial charge in [-0.1, -0.05) is 0 Å². The number of primary amides is 1. The molecule has 1 heterocycles. The van der Waals surface area contributed by atoms with Crippen LogP contribution in [0.4, 0.5) is 5.69 Å². The number of nitrogens with two attached hydrogens (primary N) is 1. The monoisotopic (exact) mass is 400 g/mol. The van der Waals surface area contributed by atoms with E-state index < -0.39 is 24.4 Å². The second-order valence-electron chi connectivity index (χ2n) is 6.12. The number of hydrogen-bond acceptors (Lipinski definition) is 7. The van der Waals surface area contributed by atoms with Crippen LogP contribution in [0.25, 0.3) is 0 Å². The number of rotatable bonds is 7. The third-order valence-corrected chi connectivity index (χ3v) is 3.84. The minimum absolute atomic E-state index is 0.236. The lowest BCUT2D eigenvalue weighted by molar-refractivity contribution is -0.120. The molecule has 3 rings (SSSR count). The molecule has 0 spiro atoms. The summed E-state index contributed by atoms with van der Waals surface area (Å²) in [5.41, 5.74) is 5.73. The number of ether oxygens (including phenoxy) is 4. The zero-order valence-electron chi connectivity index (χ0n) is 15.5. The SMILES string of the molecule is NC(=O)COc1ccc(C(=O)OCC(=O)Nc2ccc3c(c2)OCCCO3)cc1. The highest BCUT2D eigenvalue weighted by molar-refractivity contribution is 5.95. The molecule has 0 saturated carbocycles. The van der Waals surface area contributed by atoms with Gasteiger partial charge in [-0.3, -0.25) is 9.59 Å². The van der Waals surface area contributed by atoms with Gasteiger partial charge in [-0.05, 0) is 36.4 Å². The van der Waals surface area contributed by atoms with Crippen LogP contribution in [-0.4, -0.2) is 44.2 Å². The Bertz CT molecular complexity index is 896. The van der Waals surface area contributed by atoms with E-state index in [-0.39, 0.29) is 12.2 Å². The molecule has 0 aromatic heterocycles. The molecule has 0 unspecified atom stereocenters. The van der Waals surface area contributed by atoms with Gasteiger partial charge in [0.1, 0.15) is 5.75 Å². The summed E-state index contributed by atoms with van der Waals surface area (Å²) < 4.78 is 21.2. The quantitative estimate of drug-likeness (QED) is 0.675. The normalized spacial score (nSPS) is 12.4. The molecule has 0 bridgehead atoms. The highest BCUT2D eigenvalue weighted by atomic mass is 16.5. The first kappa shape index (κ1) is 20.0. The Labute approximate surface area is 166 Å². The van der Waals surface area contributed by atoms with Crippen molar-refractivity contribution < 1.29 is 33.3 Å². The molecule has 3 N–H and O–H groups in total. The third kappa shape index (κ3) is 5.86. The molecule has 2 aromatic rings. The van der Waals surface area contributed by atoms with Crippen LogP contribution >= 0.6 is 0 Å². The van der Waals surface area contributed by atoms with E-state index in [0.29, 0.717) is 36.1 Å². The van der Waals surface area contributed by atoms with Crippen LogP contribution < -0.4 is 25.3 Å². The molecule has 0 aliphatic carbocycles. The number of carbonyl (C=O) groups excluding carboxylic acids is 3. The van der Waals surface area contributed by atoms with Gasteiger partial charge in [-0.15, -0.1) is 0 Å². The lowest BCUT2D eigenvalue weighted by atomic mass is 10.2. The number of benzene rings is 2. The number of esters is 1. The van der Waals surface area contributed by atoms with Crippen molar-refractivity contribution in [3.8, 4) is 17.2 Å². The van der Waals surface area contributed by atoms with Gasteiger partial charge < -0.3 is 30.0 Å². The second-order valence-corrected chi connectivity index (χ2v) is 6.12. The van der Waals surface area contributed by atoms with E-state index in [1.165, 1.54) is 24.3 Å². The molecule has 29 heavy (non-hydrogen) atoms. The zero-order valence-corrected chi connectivity index (χ0v) is 15.5. The minimum Gasteiger partial charge on any atom is -0.490 e.